The molecule has 5 aromatic heterocycles. The van der Waals surface area contributed by atoms with Crippen LogP contribution in [0.2, 0.25) is 5.02 Å². The van der Waals surface area contributed by atoms with Crippen molar-refractivity contribution < 1.29 is 30.3 Å². The van der Waals surface area contributed by atoms with E-state index in [0.29, 0.717) is 28.5 Å². The standard InChI is InChI=1S/C24H29NOS.C17H15NO2S.C17H15NOS.C16H12ClNOS.C16H13NOS/c1-3-4-5-6-7-8-9-19-10-13-21(14-11-19)27-22-15-12-20-16-24(26)18(2)25-23(20)17-22;1-11-15(19)10-12-9-13(7-8-14(12)18-11)21-17-6-4-3-5-16(17)20-2;1-11-3-5-14(6-4-11)20-15-7-8-16-13(9-15)10-17(19)12(2)18-16;1-10-16(19)9-11-8-14(6-7-15(11)18-10)20-13-4-2-12(17)3-5-13;1-11-15(18)10-13-14(17-11)8-5-9-16(13)19-12-6-3-2-4-7-12/h10-17,26H,3-9H2,1-2H3;3-10,19H,1-2H3;3-10,19H,1-2H3;2-9,19H,1H3;2-10,18H,1H3. The van der Waals surface area contributed by atoms with Crippen molar-refractivity contribution >= 4 is 125 Å². The highest BCUT2D eigenvalue weighted by Gasteiger charge is 2.12. The van der Waals surface area contributed by atoms with E-state index in [9.17, 15) is 25.5 Å². The van der Waals surface area contributed by atoms with Crippen LogP contribution in [0.15, 0.2) is 298 Å². The van der Waals surface area contributed by atoms with Gasteiger partial charge in [-0.25, -0.2) is 24.9 Å². The van der Waals surface area contributed by atoms with E-state index in [1.165, 1.54) is 75.7 Å². The number of methoxy groups -OCH3 is 1. The summed E-state index contributed by atoms with van der Waals surface area (Å²) in [5.41, 5.74) is 10.5. The maximum atomic E-state index is 9.84. The molecule has 0 saturated heterocycles. The number of rotatable bonds is 18. The molecule has 0 aliphatic carbocycles. The first-order valence-corrected chi connectivity index (χ1v) is 39.8. The number of halogens is 1. The summed E-state index contributed by atoms with van der Waals surface area (Å²) in [6, 6.07) is 82.5. The summed E-state index contributed by atoms with van der Waals surface area (Å²) in [6.45, 7) is 13.4. The molecular formula is C90H84ClN5O6S5. The topological polar surface area (TPSA) is 175 Å². The highest BCUT2D eigenvalue weighted by Crippen LogP contribution is 2.40. The number of hydrogen-bond acceptors (Lipinski definition) is 16. The molecule has 0 atom stereocenters. The molecule has 0 spiro atoms. The molecule has 0 amide bonds. The van der Waals surface area contributed by atoms with E-state index in [1.807, 2.05) is 148 Å². The lowest BCUT2D eigenvalue weighted by Crippen LogP contribution is -1.87. The van der Waals surface area contributed by atoms with Gasteiger partial charge >= 0.3 is 0 Å². The quantitative estimate of drug-likeness (QED) is 0.0513. The highest BCUT2D eigenvalue weighted by atomic mass is 35.5. The second-order valence-corrected chi connectivity index (χ2v) is 31.7. The van der Waals surface area contributed by atoms with Crippen LogP contribution >= 0.6 is 70.4 Å². The molecular weight excluding hydrogens is 1440 g/mol. The van der Waals surface area contributed by atoms with Gasteiger partial charge in [0.2, 0.25) is 0 Å². The molecule has 0 aliphatic heterocycles. The molecule has 5 heterocycles. The summed E-state index contributed by atoms with van der Waals surface area (Å²) in [5, 5.41) is 54.4. The third kappa shape index (κ3) is 22.4. The van der Waals surface area contributed by atoms with Crippen LogP contribution in [0.1, 0.15) is 85.0 Å². The molecule has 0 radical (unpaired) electrons. The van der Waals surface area contributed by atoms with Gasteiger partial charge in [0.15, 0.2) is 0 Å². The van der Waals surface area contributed by atoms with E-state index >= 15 is 0 Å². The molecule has 11 nitrogen and oxygen atoms in total. The van der Waals surface area contributed by atoms with Crippen molar-refractivity contribution in [3.8, 4) is 34.5 Å². The number of unbranched alkanes of at least 4 members (excludes halogenated alkanes) is 5. The van der Waals surface area contributed by atoms with E-state index in [1.54, 1.807) is 110 Å². The predicted octanol–water partition coefficient (Wildman–Crippen LogP) is 25.9. The first kappa shape index (κ1) is 78.2. The van der Waals surface area contributed by atoms with Crippen LogP contribution in [0.5, 0.6) is 34.5 Å². The minimum Gasteiger partial charge on any atom is -0.506 e. The number of ether oxygens (including phenoxy) is 1. The van der Waals surface area contributed by atoms with Crippen LogP contribution in [0, 0.1) is 41.5 Å². The zero-order chi connectivity index (χ0) is 75.3. The largest absolute Gasteiger partial charge is 0.506 e. The number of hydrogen-bond donors (Lipinski definition) is 5. The third-order valence-electron chi connectivity index (χ3n) is 17.3. The molecule has 0 fully saturated rings. The lowest BCUT2D eigenvalue weighted by atomic mass is 10.1. The Labute approximate surface area is 652 Å². The summed E-state index contributed by atoms with van der Waals surface area (Å²) in [7, 11) is 1.67. The van der Waals surface area contributed by atoms with E-state index in [2.05, 4.69) is 130 Å². The van der Waals surface area contributed by atoms with Gasteiger partial charge in [0.25, 0.3) is 0 Å². The second kappa shape index (κ2) is 38.1. The number of benzene rings is 10. The van der Waals surface area contributed by atoms with Crippen molar-refractivity contribution in [1.29, 1.82) is 0 Å². The maximum Gasteiger partial charge on any atom is 0.137 e. The molecule has 0 saturated carbocycles. The molecule has 15 aromatic rings. The van der Waals surface area contributed by atoms with E-state index in [0.717, 1.165) is 94.7 Å². The van der Waals surface area contributed by atoms with Gasteiger partial charge in [-0.3, -0.25) is 0 Å². The van der Waals surface area contributed by atoms with E-state index in [-0.39, 0.29) is 28.7 Å². The van der Waals surface area contributed by atoms with Gasteiger partial charge < -0.3 is 30.3 Å². The number of aromatic hydroxyl groups is 5. The molecule has 0 bridgehead atoms. The number of para-hydroxylation sites is 1. The molecule has 0 aliphatic rings. The van der Waals surface area contributed by atoms with Gasteiger partial charge in [0.05, 0.1) is 68.1 Å². The van der Waals surface area contributed by atoms with E-state index in [4.69, 9.17) is 16.3 Å². The van der Waals surface area contributed by atoms with Gasteiger partial charge in [0.1, 0.15) is 34.5 Å². The lowest BCUT2D eigenvalue weighted by Gasteiger charge is -2.08. The van der Waals surface area contributed by atoms with Crippen LogP contribution in [0.4, 0.5) is 0 Å². The molecule has 10 aromatic carbocycles. The number of aromatic nitrogens is 5. The molecule has 17 heteroatoms. The SMILES string of the molecule is CCCCCCCCc1ccc(Sc2ccc3cc(O)c(C)nc3c2)cc1.COc1ccccc1Sc1ccc2nc(C)c(O)cc2c1.Cc1ccc(Sc2ccc3nc(C)c(O)cc3c2)cc1.Cc1nc2ccc(Sc3ccc(Cl)cc3)cc2cc1O.Cc1nc2cccc(Sc3ccccc3)c2cc1O. The monoisotopic (exact) mass is 1530 g/mol. The van der Waals surface area contributed by atoms with Gasteiger partial charge in [-0.2, -0.15) is 0 Å². The molecule has 15 rings (SSSR count). The predicted molar refractivity (Wildman–Crippen MR) is 447 cm³/mol. The molecule has 5 N–H and O–H groups in total. The maximum absolute atomic E-state index is 9.84. The van der Waals surface area contributed by atoms with Gasteiger partial charge in [0, 0.05) is 76.0 Å². The van der Waals surface area contributed by atoms with Gasteiger partial charge in [-0.1, -0.05) is 182 Å². The zero-order valence-corrected chi connectivity index (χ0v) is 65.8. The van der Waals surface area contributed by atoms with Crippen LogP contribution in [0.3, 0.4) is 0 Å². The van der Waals surface area contributed by atoms with Crippen LogP contribution in [-0.2, 0) is 6.42 Å². The first-order valence-electron chi connectivity index (χ1n) is 35.3. The van der Waals surface area contributed by atoms with Gasteiger partial charge in [-0.15, -0.1) is 0 Å². The van der Waals surface area contributed by atoms with E-state index < -0.39 is 0 Å². The smallest absolute Gasteiger partial charge is 0.137 e. The number of fused-ring (bicyclic) bond motifs is 5. The Kier molecular flexibility index (Phi) is 27.8. The summed E-state index contributed by atoms with van der Waals surface area (Å²) in [4.78, 5) is 33.4. The summed E-state index contributed by atoms with van der Waals surface area (Å²) in [5.74, 6) is 2.05. The number of nitrogens with zero attached hydrogens (tertiary/aromatic N) is 5. The van der Waals surface area contributed by atoms with Crippen molar-refractivity contribution in [3.05, 3.63) is 293 Å². The fourth-order valence-corrected chi connectivity index (χ4v) is 16.0. The lowest BCUT2D eigenvalue weighted by molar-refractivity contribution is 0.405. The minimum absolute atomic E-state index is 0.224. The van der Waals surface area contributed by atoms with Crippen LogP contribution in [0.25, 0.3) is 54.5 Å². The molecule has 542 valence electrons. The zero-order valence-electron chi connectivity index (χ0n) is 60.9. The number of aryl methyl sites for hydroxylation is 7. The Hall–Kier alpha value is -9.91. The highest BCUT2D eigenvalue weighted by molar-refractivity contribution is 8.00. The fraction of sp³-hybridized carbons (Fsp3) is 0.167. The Morgan fingerprint density at radius 3 is 1.24 bits per heavy atom. The Morgan fingerprint density at radius 1 is 0.318 bits per heavy atom. The van der Waals surface area contributed by atoms with Crippen molar-refractivity contribution in [1.82, 2.24) is 24.9 Å². The summed E-state index contributed by atoms with van der Waals surface area (Å²) < 4.78 is 5.37. The summed E-state index contributed by atoms with van der Waals surface area (Å²) >= 11 is 14.3. The van der Waals surface area contributed by atoms with Gasteiger partial charge in [-0.05, 0) is 242 Å². The third-order valence-corrected chi connectivity index (χ3v) is 22.7. The Balaban J connectivity index is 0.000000134. The fourth-order valence-electron chi connectivity index (χ4n) is 11.3. The Morgan fingerprint density at radius 2 is 0.710 bits per heavy atom. The molecule has 107 heavy (non-hydrogen) atoms. The number of pyridine rings is 5. The first-order chi connectivity index (χ1) is 51.8. The normalized spacial score (nSPS) is 10.9. The van der Waals surface area contributed by atoms with Crippen molar-refractivity contribution in [2.24, 2.45) is 0 Å². The Bertz CT molecular complexity index is 5390. The van der Waals surface area contributed by atoms with Crippen molar-refractivity contribution in [3.63, 3.8) is 0 Å². The van der Waals surface area contributed by atoms with Crippen LogP contribution < -0.4 is 4.74 Å². The minimum atomic E-state index is 0.224. The average molecular weight is 1530 g/mol. The second-order valence-electron chi connectivity index (χ2n) is 25.6. The summed E-state index contributed by atoms with van der Waals surface area (Å²) in [6.07, 6.45) is 9.25. The van der Waals surface area contributed by atoms with Crippen LogP contribution in [-0.4, -0.2) is 57.6 Å². The molecule has 0 unspecified atom stereocenters. The average Bonchev–Trinajstić information content (AvgIpc) is 0.811. The van der Waals surface area contributed by atoms with Crippen molar-refractivity contribution in [2.75, 3.05) is 7.11 Å². The van der Waals surface area contributed by atoms with Crippen molar-refractivity contribution in [2.45, 2.75) is 142 Å².